The van der Waals surface area contributed by atoms with Gasteiger partial charge in [-0.05, 0) is 35.5 Å². The molecule has 0 unspecified atom stereocenters. The van der Waals surface area contributed by atoms with Gasteiger partial charge in [-0.25, -0.2) is 0 Å². The number of esters is 2. The van der Waals surface area contributed by atoms with Gasteiger partial charge in [0.25, 0.3) is 0 Å². The summed E-state index contributed by atoms with van der Waals surface area (Å²) in [5.74, 6) is -3.10. The van der Waals surface area contributed by atoms with Gasteiger partial charge in [0.15, 0.2) is 13.2 Å². The molecule has 0 aromatic carbocycles. The number of hydrogen-bond acceptors (Lipinski definition) is 4. The maximum absolute atomic E-state index is 12.2. The maximum Gasteiger partial charge on any atom is 0.422 e. The molecule has 6 fully saturated rings. The number of alkyl halides is 6. The number of halogens is 6. The molecule has 6 rings (SSSR count). The third kappa shape index (κ3) is 1.15. The Morgan fingerprint density at radius 2 is 0.917 bits per heavy atom. The molecule has 0 radical (unpaired) electrons. The van der Waals surface area contributed by atoms with Crippen LogP contribution in [0.1, 0.15) is 0 Å². The SMILES string of the molecule is O=C(OCC(F)(F)F)C12C3C4C1C1C2C3C41C(=O)OCC(F)(F)F. The van der Waals surface area contributed by atoms with Gasteiger partial charge in [0.05, 0.1) is 10.8 Å². The van der Waals surface area contributed by atoms with Crippen molar-refractivity contribution in [2.24, 2.45) is 46.3 Å². The molecular weight excluding hydrogens is 346 g/mol. The summed E-state index contributed by atoms with van der Waals surface area (Å²) in [5, 5.41) is 0. The zero-order chi connectivity index (χ0) is 17.4. The molecule has 6 aliphatic carbocycles. The highest BCUT2D eigenvalue weighted by molar-refractivity contribution is 5.96. The molecule has 24 heavy (non-hydrogen) atoms. The minimum Gasteiger partial charge on any atom is -0.456 e. The fourth-order valence-corrected chi connectivity index (χ4v) is 6.89. The van der Waals surface area contributed by atoms with E-state index < -0.39 is 48.3 Å². The summed E-state index contributed by atoms with van der Waals surface area (Å²) in [6.07, 6.45) is -9.20. The zero-order valence-electron chi connectivity index (χ0n) is 11.8. The molecule has 6 saturated carbocycles. The van der Waals surface area contributed by atoms with Crippen LogP contribution in [0.25, 0.3) is 0 Å². The number of rotatable bonds is 4. The standard InChI is InChI=1S/C14H10F6O4/c15-11(16,17)1-23-9(21)13-3-6-4(13)8-5(13)7(3)14(6,8)10(22)24-2-12(18,19)20/h3-8H,1-2H2. The first kappa shape index (κ1) is 14.8. The van der Waals surface area contributed by atoms with Crippen molar-refractivity contribution in [1.29, 1.82) is 0 Å². The van der Waals surface area contributed by atoms with Gasteiger partial charge in [-0.15, -0.1) is 0 Å². The van der Waals surface area contributed by atoms with Gasteiger partial charge in [0, 0.05) is 0 Å². The van der Waals surface area contributed by atoms with E-state index >= 15 is 0 Å². The highest BCUT2D eigenvalue weighted by atomic mass is 19.4. The molecule has 132 valence electrons. The first-order chi connectivity index (χ1) is 11.0. The average Bonchev–Trinajstić information content (AvgIpc) is 2.48. The summed E-state index contributed by atoms with van der Waals surface area (Å²) in [4.78, 5) is 24.0. The molecule has 10 heteroatoms. The number of carbonyl (C=O) groups excluding carboxylic acids is 2. The van der Waals surface area contributed by atoms with Crippen LogP contribution in [0.3, 0.4) is 0 Å². The largest absolute Gasteiger partial charge is 0.456 e. The van der Waals surface area contributed by atoms with E-state index in [0.29, 0.717) is 0 Å². The van der Waals surface area contributed by atoms with Gasteiger partial charge in [0.2, 0.25) is 0 Å². The lowest BCUT2D eigenvalue weighted by atomic mass is 8.92. The van der Waals surface area contributed by atoms with Gasteiger partial charge >= 0.3 is 24.3 Å². The van der Waals surface area contributed by atoms with Gasteiger partial charge in [-0.3, -0.25) is 9.59 Å². The Hall–Kier alpha value is -1.48. The summed E-state index contributed by atoms with van der Waals surface area (Å²) in [6, 6.07) is 0. The fourth-order valence-electron chi connectivity index (χ4n) is 6.89. The van der Waals surface area contributed by atoms with Crippen LogP contribution in [0.4, 0.5) is 26.3 Å². The Balaban J connectivity index is 1.25. The van der Waals surface area contributed by atoms with Crippen molar-refractivity contribution in [2.45, 2.75) is 12.4 Å². The average molecular weight is 356 g/mol. The van der Waals surface area contributed by atoms with Crippen molar-refractivity contribution < 1.29 is 45.4 Å². The van der Waals surface area contributed by atoms with Crippen LogP contribution >= 0.6 is 0 Å². The number of hydrogen-bond donors (Lipinski definition) is 0. The van der Waals surface area contributed by atoms with Crippen molar-refractivity contribution in [3.8, 4) is 0 Å². The van der Waals surface area contributed by atoms with E-state index in [-0.39, 0.29) is 35.5 Å². The molecule has 0 N–H and O–H groups in total. The van der Waals surface area contributed by atoms with Gasteiger partial charge < -0.3 is 9.47 Å². The molecule has 0 saturated heterocycles. The lowest BCUT2D eigenvalue weighted by Gasteiger charge is -3.08. The lowest BCUT2D eigenvalue weighted by Crippen LogP contribution is -3.12. The molecule has 0 aromatic rings. The highest BCUT2D eigenvalue weighted by Gasteiger charge is 3.13. The van der Waals surface area contributed by atoms with Crippen molar-refractivity contribution in [3.05, 3.63) is 0 Å². The molecule has 0 bridgehead atoms. The second-order valence-corrected chi connectivity index (χ2v) is 7.40. The Labute approximate surface area is 130 Å². The molecule has 4 nitrogen and oxygen atoms in total. The molecule has 0 heterocycles. The van der Waals surface area contributed by atoms with Crippen molar-refractivity contribution in [2.75, 3.05) is 13.2 Å². The Morgan fingerprint density at radius 3 is 1.12 bits per heavy atom. The summed E-state index contributed by atoms with van der Waals surface area (Å²) in [5.41, 5.74) is -1.81. The van der Waals surface area contributed by atoms with Crippen LogP contribution < -0.4 is 0 Å². The van der Waals surface area contributed by atoms with Crippen LogP contribution in [0.5, 0.6) is 0 Å². The van der Waals surface area contributed by atoms with E-state index in [1.54, 1.807) is 0 Å². The van der Waals surface area contributed by atoms with Crippen LogP contribution in [0.2, 0.25) is 0 Å². The molecule has 0 aromatic heterocycles. The minimum absolute atomic E-state index is 0.225. The van der Waals surface area contributed by atoms with Crippen LogP contribution in [0, 0.1) is 46.3 Å². The molecule has 6 aliphatic rings. The van der Waals surface area contributed by atoms with E-state index in [1.165, 1.54) is 0 Å². The number of ether oxygens (including phenoxy) is 2. The number of carbonyl (C=O) groups is 2. The van der Waals surface area contributed by atoms with E-state index in [1.807, 2.05) is 0 Å². The predicted octanol–water partition coefficient (Wildman–Crippen LogP) is 1.94. The second kappa shape index (κ2) is 3.55. The molecule has 0 atom stereocenters. The summed E-state index contributed by atoms with van der Waals surface area (Å²) in [6.45, 7) is -3.28. The van der Waals surface area contributed by atoms with Crippen LogP contribution in [0.15, 0.2) is 0 Å². The van der Waals surface area contributed by atoms with E-state index in [4.69, 9.17) is 0 Å². The molecule has 0 aliphatic heterocycles. The Kier molecular flexibility index (Phi) is 2.19. The maximum atomic E-state index is 12.2. The smallest absolute Gasteiger partial charge is 0.422 e. The summed E-state index contributed by atoms with van der Waals surface area (Å²) < 4.78 is 81.7. The quantitative estimate of drug-likeness (QED) is 0.571. The third-order valence-electron chi connectivity index (χ3n) is 7.07. The highest BCUT2D eigenvalue weighted by Crippen LogP contribution is 3.10. The second-order valence-electron chi connectivity index (χ2n) is 7.40. The first-order valence-electron chi connectivity index (χ1n) is 7.47. The fraction of sp³-hybridized carbons (Fsp3) is 0.857. The van der Waals surface area contributed by atoms with Crippen molar-refractivity contribution >= 4 is 11.9 Å². The summed E-state index contributed by atoms with van der Waals surface area (Å²) in [7, 11) is 0. The monoisotopic (exact) mass is 356 g/mol. The lowest BCUT2D eigenvalue weighted by molar-refractivity contribution is -0.629. The van der Waals surface area contributed by atoms with Crippen LogP contribution in [-0.2, 0) is 19.1 Å². The Bertz CT molecular complexity index is 568. The normalized spacial score (nSPS) is 51.1. The van der Waals surface area contributed by atoms with E-state index in [9.17, 15) is 35.9 Å². The van der Waals surface area contributed by atoms with E-state index in [2.05, 4.69) is 9.47 Å². The van der Waals surface area contributed by atoms with Crippen molar-refractivity contribution in [1.82, 2.24) is 0 Å². The summed E-state index contributed by atoms with van der Waals surface area (Å²) >= 11 is 0. The van der Waals surface area contributed by atoms with Crippen molar-refractivity contribution in [3.63, 3.8) is 0 Å². The minimum atomic E-state index is -4.60. The molecule has 0 spiro atoms. The zero-order valence-corrected chi connectivity index (χ0v) is 11.8. The van der Waals surface area contributed by atoms with Gasteiger partial charge in [0.1, 0.15) is 0 Å². The topological polar surface area (TPSA) is 52.6 Å². The van der Waals surface area contributed by atoms with Gasteiger partial charge in [-0.2, -0.15) is 26.3 Å². The molecular formula is C14H10F6O4. The molecule has 0 amide bonds. The third-order valence-corrected chi connectivity index (χ3v) is 7.07. The van der Waals surface area contributed by atoms with Gasteiger partial charge in [-0.1, -0.05) is 0 Å². The predicted molar refractivity (Wildman–Crippen MR) is 59.8 cm³/mol. The first-order valence-corrected chi connectivity index (χ1v) is 7.47. The van der Waals surface area contributed by atoms with Crippen LogP contribution in [-0.4, -0.2) is 37.5 Å². The Morgan fingerprint density at radius 1 is 0.667 bits per heavy atom. The van der Waals surface area contributed by atoms with E-state index in [0.717, 1.165) is 0 Å².